The number of aryl methyl sites for hydroxylation is 1. The first-order valence-electron chi connectivity index (χ1n) is 9.36. The number of hydrogen-bond donors (Lipinski definition) is 1. The van der Waals surface area contributed by atoms with Gasteiger partial charge in [-0.2, -0.15) is 0 Å². The van der Waals surface area contributed by atoms with Crippen LogP contribution in [0.5, 0.6) is 0 Å². The van der Waals surface area contributed by atoms with E-state index in [-0.39, 0.29) is 11.7 Å². The zero-order chi connectivity index (χ0) is 19.0. The van der Waals surface area contributed by atoms with Gasteiger partial charge in [0.1, 0.15) is 5.82 Å². The number of nitrogens with zero attached hydrogens (tertiary/aromatic N) is 2. The topological polar surface area (TPSA) is 37.3 Å². The van der Waals surface area contributed by atoms with Gasteiger partial charge in [0.2, 0.25) is 0 Å². The van der Waals surface area contributed by atoms with E-state index in [1.165, 1.54) is 52.0 Å². The second-order valence-corrected chi connectivity index (χ2v) is 7.35. The van der Waals surface area contributed by atoms with Gasteiger partial charge in [0.15, 0.2) is 0 Å². The van der Waals surface area contributed by atoms with Crippen molar-refractivity contribution in [3.8, 4) is 0 Å². The summed E-state index contributed by atoms with van der Waals surface area (Å²) < 4.78 is 15.4. The number of carbonyl (C=O) groups is 1. The summed E-state index contributed by atoms with van der Waals surface area (Å²) in [5.74, 6) is -0.506. The molecule has 2 heterocycles. The normalized spacial score (nSPS) is 14.3. The van der Waals surface area contributed by atoms with Crippen LogP contribution < -0.4 is 5.32 Å². The van der Waals surface area contributed by atoms with Crippen LogP contribution in [0.2, 0.25) is 0 Å². The molecule has 1 aromatic heterocycles. The summed E-state index contributed by atoms with van der Waals surface area (Å²) in [6.07, 6.45) is 1.02. The van der Waals surface area contributed by atoms with Gasteiger partial charge < -0.3 is 14.8 Å². The molecule has 0 saturated carbocycles. The summed E-state index contributed by atoms with van der Waals surface area (Å²) in [6.45, 7) is 5.40. The number of hydrogen-bond acceptors (Lipinski definition) is 2. The van der Waals surface area contributed by atoms with Crippen LogP contribution in [-0.2, 0) is 19.5 Å². The second kappa shape index (κ2) is 7.16. The zero-order valence-corrected chi connectivity index (χ0v) is 15.8. The minimum Gasteiger partial charge on any atom is -0.350 e. The van der Waals surface area contributed by atoms with E-state index in [1.54, 1.807) is 0 Å². The standard InChI is InChI=1S/C22H24FN3O/c1-15-3-8-20-18(13-15)19-14-25(2)11-9-21(19)26(20)12-10-24-22(27)16-4-6-17(23)7-5-16/h3-8,13H,9-12,14H2,1-2H3,(H,24,27). The highest BCUT2D eigenvalue weighted by Gasteiger charge is 2.22. The second-order valence-electron chi connectivity index (χ2n) is 7.35. The molecule has 1 N–H and O–H groups in total. The lowest BCUT2D eigenvalue weighted by Gasteiger charge is -2.24. The van der Waals surface area contributed by atoms with Gasteiger partial charge in [-0.25, -0.2) is 4.39 Å². The summed E-state index contributed by atoms with van der Waals surface area (Å²) in [5.41, 5.74) is 5.77. The minimum atomic E-state index is -0.336. The largest absolute Gasteiger partial charge is 0.350 e. The fourth-order valence-corrected chi connectivity index (χ4v) is 3.94. The van der Waals surface area contributed by atoms with Crippen LogP contribution in [0, 0.1) is 12.7 Å². The maximum Gasteiger partial charge on any atom is 0.251 e. The number of carbonyl (C=O) groups excluding carboxylic acids is 1. The third-order valence-corrected chi connectivity index (χ3v) is 5.33. The van der Waals surface area contributed by atoms with E-state index < -0.39 is 0 Å². The Morgan fingerprint density at radius 1 is 1.19 bits per heavy atom. The number of aromatic nitrogens is 1. The van der Waals surface area contributed by atoms with Crippen LogP contribution in [0.1, 0.15) is 27.2 Å². The van der Waals surface area contributed by atoms with Crippen LogP contribution in [0.3, 0.4) is 0 Å². The van der Waals surface area contributed by atoms with Gasteiger partial charge in [-0.15, -0.1) is 0 Å². The van der Waals surface area contributed by atoms with Crippen molar-refractivity contribution in [3.05, 3.63) is 70.7 Å². The zero-order valence-electron chi connectivity index (χ0n) is 15.8. The van der Waals surface area contributed by atoms with E-state index in [1.807, 2.05) is 0 Å². The highest BCUT2D eigenvalue weighted by molar-refractivity contribution is 5.94. The molecule has 1 amide bonds. The van der Waals surface area contributed by atoms with Crippen molar-refractivity contribution >= 4 is 16.8 Å². The lowest BCUT2D eigenvalue weighted by molar-refractivity contribution is 0.0952. The van der Waals surface area contributed by atoms with Crippen molar-refractivity contribution in [2.45, 2.75) is 26.4 Å². The Morgan fingerprint density at radius 3 is 2.74 bits per heavy atom. The fraction of sp³-hybridized carbons (Fsp3) is 0.318. The first-order chi connectivity index (χ1) is 13.0. The van der Waals surface area contributed by atoms with Crippen molar-refractivity contribution in [1.29, 1.82) is 0 Å². The van der Waals surface area contributed by atoms with Gasteiger partial charge >= 0.3 is 0 Å². The highest BCUT2D eigenvalue weighted by atomic mass is 19.1. The van der Waals surface area contributed by atoms with E-state index in [0.29, 0.717) is 12.1 Å². The van der Waals surface area contributed by atoms with Crippen LogP contribution >= 0.6 is 0 Å². The summed E-state index contributed by atoms with van der Waals surface area (Å²) in [7, 11) is 2.16. The third-order valence-electron chi connectivity index (χ3n) is 5.33. The molecule has 0 radical (unpaired) electrons. The fourth-order valence-electron chi connectivity index (χ4n) is 3.94. The Hall–Kier alpha value is -2.66. The summed E-state index contributed by atoms with van der Waals surface area (Å²) in [4.78, 5) is 14.6. The molecule has 4 rings (SSSR count). The lowest BCUT2D eigenvalue weighted by atomic mass is 10.0. The Kier molecular flexibility index (Phi) is 4.70. The number of halogens is 1. The molecular formula is C22H24FN3O. The molecule has 5 heteroatoms. The van der Waals surface area contributed by atoms with Gasteiger partial charge in [0, 0.05) is 54.8 Å². The molecule has 27 heavy (non-hydrogen) atoms. The Bertz CT molecular complexity index is 991. The molecule has 4 nitrogen and oxygen atoms in total. The molecule has 0 spiro atoms. The van der Waals surface area contributed by atoms with Crippen molar-refractivity contribution in [2.24, 2.45) is 0 Å². The Balaban J connectivity index is 1.55. The first-order valence-corrected chi connectivity index (χ1v) is 9.36. The minimum absolute atomic E-state index is 0.170. The molecule has 2 aromatic carbocycles. The van der Waals surface area contributed by atoms with Gasteiger partial charge in [-0.05, 0) is 55.9 Å². The van der Waals surface area contributed by atoms with E-state index >= 15 is 0 Å². The number of likely N-dealkylation sites (N-methyl/N-ethyl adjacent to an activating group) is 1. The molecule has 0 bridgehead atoms. The Labute approximate surface area is 158 Å². The molecule has 0 saturated heterocycles. The molecule has 1 aliphatic rings. The van der Waals surface area contributed by atoms with Crippen LogP contribution in [0.25, 0.3) is 10.9 Å². The maximum absolute atomic E-state index is 13.0. The monoisotopic (exact) mass is 365 g/mol. The van der Waals surface area contributed by atoms with Gasteiger partial charge in [-0.3, -0.25) is 4.79 Å². The summed E-state index contributed by atoms with van der Waals surface area (Å²) >= 11 is 0. The smallest absolute Gasteiger partial charge is 0.251 e. The van der Waals surface area contributed by atoms with E-state index in [9.17, 15) is 9.18 Å². The number of nitrogens with one attached hydrogen (secondary N) is 1. The molecule has 0 fully saturated rings. The highest BCUT2D eigenvalue weighted by Crippen LogP contribution is 2.31. The predicted molar refractivity (Wildman–Crippen MR) is 105 cm³/mol. The molecule has 0 aliphatic carbocycles. The number of benzene rings is 2. The average molecular weight is 365 g/mol. The maximum atomic E-state index is 13.0. The Morgan fingerprint density at radius 2 is 1.96 bits per heavy atom. The van der Waals surface area contributed by atoms with Gasteiger partial charge in [-0.1, -0.05) is 11.6 Å². The molecule has 140 valence electrons. The van der Waals surface area contributed by atoms with Crippen LogP contribution in [0.15, 0.2) is 42.5 Å². The molecular weight excluding hydrogens is 341 g/mol. The van der Waals surface area contributed by atoms with Crippen molar-refractivity contribution in [1.82, 2.24) is 14.8 Å². The van der Waals surface area contributed by atoms with Crippen molar-refractivity contribution in [2.75, 3.05) is 20.1 Å². The summed E-state index contributed by atoms with van der Waals surface area (Å²) in [5, 5.41) is 4.28. The number of amides is 1. The number of rotatable bonds is 4. The van der Waals surface area contributed by atoms with Gasteiger partial charge in [0.25, 0.3) is 5.91 Å². The van der Waals surface area contributed by atoms with E-state index in [2.05, 4.69) is 47.0 Å². The molecule has 0 unspecified atom stereocenters. The quantitative estimate of drug-likeness (QED) is 0.768. The molecule has 1 aliphatic heterocycles. The SMILES string of the molecule is Cc1ccc2c(c1)c1c(n2CCNC(=O)c2ccc(F)cc2)CCN(C)C1. The molecule has 3 aromatic rings. The van der Waals surface area contributed by atoms with Gasteiger partial charge in [0.05, 0.1) is 0 Å². The van der Waals surface area contributed by atoms with Crippen LogP contribution in [-0.4, -0.2) is 35.5 Å². The average Bonchev–Trinajstić information content (AvgIpc) is 2.95. The summed E-state index contributed by atoms with van der Waals surface area (Å²) in [6, 6.07) is 12.2. The lowest BCUT2D eigenvalue weighted by Crippen LogP contribution is -2.30. The van der Waals surface area contributed by atoms with Crippen molar-refractivity contribution < 1.29 is 9.18 Å². The molecule has 0 atom stereocenters. The van der Waals surface area contributed by atoms with Crippen molar-refractivity contribution in [3.63, 3.8) is 0 Å². The third kappa shape index (κ3) is 3.47. The van der Waals surface area contributed by atoms with Crippen LogP contribution in [0.4, 0.5) is 4.39 Å². The number of fused-ring (bicyclic) bond motifs is 3. The first kappa shape index (κ1) is 17.7. The van der Waals surface area contributed by atoms with E-state index in [0.717, 1.165) is 26.1 Å². The van der Waals surface area contributed by atoms with E-state index in [4.69, 9.17) is 0 Å². The predicted octanol–water partition coefficient (Wildman–Crippen LogP) is 3.51.